The zero-order valence-corrected chi connectivity index (χ0v) is 15.8. The van der Waals surface area contributed by atoms with Crippen LogP contribution < -0.4 is 4.74 Å². The topological polar surface area (TPSA) is 34.5 Å². The first-order chi connectivity index (χ1) is 13.8. The van der Waals surface area contributed by atoms with Crippen molar-refractivity contribution in [2.24, 2.45) is 0 Å². The number of nitrogens with zero attached hydrogens (tertiary/aromatic N) is 2. The van der Waals surface area contributed by atoms with E-state index in [1.54, 1.807) is 0 Å². The highest BCUT2D eigenvalue weighted by molar-refractivity contribution is 5.79. The summed E-state index contributed by atoms with van der Waals surface area (Å²) in [5.74, 6) is 1.18. The van der Waals surface area contributed by atoms with Gasteiger partial charge in [0.1, 0.15) is 17.4 Å². The van der Waals surface area contributed by atoms with E-state index < -0.39 is 0 Å². The Morgan fingerprint density at radius 3 is 2.36 bits per heavy atom. The standard InChI is InChI=1S/C24H24N2O2/c27-22(18-19-8-2-1-3-9-19)25-16-12-24(13-17-25)23(26-14-6-7-15-26)20-10-4-5-11-21(20)28-24/h1-11,14-15,23H,12-13,16-18H2. The number of para-hydroxylation sites is 1. The summed E-state index contributed by atoms with van der Waals surface area (Å²) in [6, 6.07) is 22.6. The number of likely N-dealkylation sites (tertiary alicyclic amines) is 1. The predicted octanol–water partition coefficient (Wildman–Crippen LogP) is 4.07. The van der Waals surface area contributed by atoms with Crippen molar-refractivity contribution < 1.29 is 9.53 Å². The second kappa shape index (κ2) is 6.86. The van der Waals surface area contributed by atoms with Gasteiger partial charge in [-0.25, -0.2) is 0 Å². The maximum atomic E-state index is 12.8. The van der Waals surface area contributed by atoms with E-state index in [4.69, 9.17) is 4.74 Å². The number of amides is 1. The number of aromatic nitrogens is 1. The highest BCUT2D eigenvalue weighted by Crippen LogP contribution is 2.50. The van der Waals surface area contributed by atoms with Gasteiger partial charge in [0, 0.05) is 43.9 Å². The first-order valence-electron chi connectivity index (χ1n) is 9.97. The Kier molecular flexibility index (Phi) is 4.19. The summed E-state index contributed by atoms with van der Waals surface area (Å²) in [4.78, 5) is 14.8. The molecule has 1 unspecified atom stereocenters. The van der Waals surface area contributed by atoms with Crippen molar-refractivity contribution in [3.63, 3.8) is 0 Å². The van der Waals surface area contributed by atoms with Crippen LogP contribution >= 0.6 is 0 Å². The molecule has 3 aromatic rings. The van der Waals surface area contributed by atoms with Crippen LogP contribution in [-0.4, -0.2) is 34.1 Å². The molecule has 1 saturated heterocycles. The van der Waals surface area contributed by atoms with Crippen LogP contribution in [0.15, 0.2) is 79.1 Å². The highest BCUT2D eigenvalue weighted by atomic mass is 16.5. The third-order valence-corrected chi connectivity index (χ3v) is 6.11. The molecule has 0 N–H and O–H groups in total. The average Bonchev–Trinajstić information content (AvgIpc) is 3.34. The van der Waals surface area contributed by atoms with Crippen LogP contribution in [0.2, 0.25) is 0 Å². The van der Waals surface area contributed by atoms with Crippen LogP contribution in [0, 0.1) is 0 Å². The van der Waals surface area contributed by atoms with Crippen LogP contribution in [0.1, 0.15) is 30.0 Å². The molecular weight excluding hydrogens is 348 g/mol. The second-order valence-corrected chi connectivity index (χ2v) is 7.78. The summed E-state index contributed by atoms with van der Waals surface area (Å²) in [7, 11) is 0. The molecule has 2 aliphatic heterocycles. The maximum absolute atomic E-state index is 12.8. The Morgan fingerprint density at radius 2 is 1.61 bits per heavy atom. The number of ether oxygens (including phenoxy) is 1. The number of piperidine rings is 1. The molecule has 4 heteroatoms. The van der Waals surface area contributed by atoms with Crippen molar-refractivity contribution in [2.75, 3.05) is 13.1 Å². The van der Waals surface area contributed by atoms with Gasteiger partial charge in [0.05, 0.1) is 6.42 Å². The molecule has 0 radical (unpaired) electrons. The Hall–Kier alpha value is -3.01. The van der Waals surface area contributed by atoms with Gasteiger partial charge in [-0.1, -0.05) is 48.5 Å². The van der Waals surface area contributed by atoms with E-state index >= 15 is 0 Å². The molecule has 3 heterocycles. The Labute approximate surface area is 165 Å². The van der Waals surface area contributed by atoms with E-state index in [2.05, 4.69) is 47.3 Å². The summed E-state index contributed by atoms with van der Waals surface area (Å²) in [6.45, 7) is 1.47. The molecule has 2 aliphatic rings. The minimum Gasteiger partial charge on any atom is -0.484 e. The van der Waals surface area contributed by atoms with Gasteiger partial charge in [-0.3, -0.25) is 4.79 Å². The molecule has 0 bridgehead atoms. The van der Waals surface area contributed by atoms with Crippen molar-refractivity contribution in [2.45, 2.75) is 30.9 Å². The molecule has 0 aliphatic carbocycles. The highest BCUT2D eigenvalue weighted by Gasteiger charge is 2.51. The van der Waals surface area contributed by atoms with Gasteiger partial charge < -0.3 is 14.2 Å². The first-order valence-corrected chi connectivity index (χ1v) is 9.97. The third-order valence-electron chi connectivity index (χ3n) is 6.11. The SMILES string of the molecule is O=C(Cc1ccccc1)N1CCC2(CC1)Oc1ccccc1C2n1cccc1. The zero-order valence-electron chi connectivity index (χ0n) is 15.8. The van der Waals surface area contributed by atoms with Crippen LogP contribution in [0.5, 0.6) is 5.75 Å². The van der Waals surface area contributed by atoms with Gasteiger partial charge in [0.25, 0.3) is 0 Å². The lowest BCUT2D eigenvalue weighted by Crippen LogP contribution is -2.52. The molecule has 1 atom stereocenters. The molecular formula is C24H24N2O2. The number of benzene rings is 2. The Morgan fingerprint density at radius 1 is 0.929 bits per heavy atom. The number of fused-ring (bicyclic) bond motifs is 1. The Bertz CT molecular complexity index is 957. The lowest BCUT2D eigenvalue weighted by Gasteiger charge is -2.42. The van der Waals surface area contributed by atoms with Gasteiger partial charge >= 0.3 is 0 Å². The summed E-state index contributed by atoms with van der Waals surface area (Å²) < 4.78 is 8.82. The van der Waals surface area contributed by atoms with Gasteiger partial charge in [-0.15, -0.1) is 0 Å². The number of rotatable bonds is 3. The summed E-state index contributed by atoms with van der Waals surface area (Å²) >= 11 is 0. The lowest BCUT2D eigenvalue weighted by atomic mass is 9.82. The molecule has 28 heavy (non-hydrogen) atoms. The maximum Gasteiger partial charge on any atom is 0.226 e. The van der Waals surface area contributed by atoms with E-state index in [9.17, 15) is 4.79 Å². The van der Waals surface area contributed by atoms with Crippen LogP contribution in [0.25, 0.3) is 0 Å². The molecule has 4 nitrogen and oxygen atoms in total. The molecule has 1 amide bonds. The summed E-state index contributed by atoms with van der Waals surface area (Å²) in [6.07, 6.45) is 6.38. The summed E-state index contributed by atoms with van der Waals surface area (Å²) in [5.41, 5.74) is 2.02. The van der Waals surface area contributed by atoms with E-state index in [-0.39, 0.29) is 17.6 Å². The smallest absolute Gasteiger partial charge is 0.226 e. The fourth-order valence-corrected chi connectivity index (χ4v) is 4.70. The number of carbonyl (C=O) groups excluding carboxylic acids is 1. The van der Waals surface area contributed by atoms with Crippen LogP contribution in [0.3, 0.4) is 0 Å². The predicted molar refractivity (Wildman–Crippen MR) is 108 cm³/mol. The van der Waals surface area contributed by atoms with E-state index in [0.29, 0.717) is 6.42 Å². The van der Waals surface area contributed by atoms with E-state index in [0.717, 1.165) is 37.2 Å². The van der Waals surface area contributed by atoms with Gasteiger partial charge in [0.15, 0.2) is 0 Å². The fraction of sp³-hybridized carbons (Fsp3) is 0.292. The van der Waals surface area contributed by atoms with Crippen molar-refractivity contribution in [1.82, 2.24) is 9.47 Å². The van der Waals surface area contributed by atoms with Gasteiger partial charge in [0.2, 0.25) is 5.91 Å². The monoisotopic (exact) mass is 372 g/mol. The van der Waals surface area contributed by atoms with Crippen LogP contribution in [0.4, 0.5) is 0 Å². The number of carbonyl (C=O) groups is 1. The summed E-state index contributed by atoms with van der Waals surface area (Å²) in [5, 5.41) is 0. The first kappa shape index (κ1) is 17.1. The molecule has 1 spiro atoms. The molecule has 1 fully saturated rings. The number of hydrogen-bond acceptors (Lipinski definition) is 2. The average molecular weight is 372 g/mol. The molecule has 0 saturated carbocycles. The fourth-order valence-electron chi connectivity index (χ4n) is 4.70. The lowest BCUT2D eigenvalue weighted by molar-refractivity contribution is -0.134. The van der Waals surface area contributed by atoms with Crippen molar-refractivity contribution in [3.8, 4) is 5.75 Å². The largest absolute Gasteiger partial charge is 0.484 e. The minimum atomic E-state index is -0.285. The van der Waals surface area contributed by atoms with Crippen molar-refractivity contribution in [3.05, 3.63) is 90.3 Å². The second-order valence-electron chi connectivity index (χ2n) is 7.78. The number of hydrogen-bond donors (Lipinski definition) is 0. The normalized spacial score (nSPS) is 20.0. The molecule has 142 valence electrons. The minimum absolute atomic E-state index is 0.157. The third kappa shape index (κ3) is 2.89. The molecule has 2 aromatic carbocycles. The van der Waals surface area contributed by atoms with Gasteiger partial charge in [-0.05, 0) is 23.8 Å². The van der Waals surface area contributed by atoms with E-state index in [1.165, 1.54) is 5.56 Å². The molecule has 1 aromatic heterocycles. The van der Waals surface area contributed by atoms with Gasteiger partial charge in [-0.2, -0.15) is 0 Å². The zero-order chi connectivity index (χ0) is 19.0. The van der Waals surface area contributed by atoms with Crippen molar-refractivity contribution in [1.29, 1.82) is 0 Å². The van der Waals surface area contributed by atoms with E-state index in [1.807, 2.05) is 41.3 Å². The quantitative estimate of drug-likeness (QED) is 0.694. The van der Waals surface area contributed by atoms with Crippen LogP contribution in [-0.2, 0) is 11.2 Å². The van der Waals surface area contributed by atoms with Crippen molar-refractivity contribution >= 4 is 5.91 Å². The Balaban J connectivity index is 1.35. The molecule has 5 rings (SSSR count).